The van der Waals surface area contributed by atoms with Gasteiger partial charge in [0.25, 0.3) is 0 Å². The molecule has 0 radical (unpaired) electrons. The maximum absolute atomic E-state index is 3.87. The van der Waals surface area contributed by atoms with Crippen molar-refractivity contribution in [2.75, 3.05) is 6.54 Å². The van der Waals surface area contributed by atoms with Gasteiger partial charge >= 0.3 is 0 Å². The van der Waals surface area contributed by atoms with Crippen LogP contribution in [-0.2, 0) is 0 Å². The van der Waals surface area contributed by atoms with Gasteiger partial charge < -0.3 is 5.32 Å². The topological polar surface area (TPSA) is 12.0 Å². The summed E-state index contributed by atoms with van der Waals surface area (Å²) in [6.45, 7) is 10.6. The van der Waals surface area contributed by atoms with Crippen LogP contribution in [0.4, 0.5) is 0 Å². The summed E-state index contributed by atoms with van der Waals surface area (Å²) in [6.07, 6.45) is 11.2. The minimum atomic E-state index is 0.790. The van der Waals surface area contributed by atoms with Crippen LogP contribution in [0.25, 0.3) is 0 Å². The molecule has 1 atom stereocenters. The first kappa shape index (κ1) is 16.0. The van der Waals surface area contributed by atoms with Gasteiger partial charge in [-0.25, -0.2) is 0 Å². The van der Waals surface area contributed by atoms with E-state index in [1.807, 2.05) is 0 Å². The Morgan fingerprint density at radius 2 is 1.56 bits per heavy atom. The molecule has 0 spiro atoms. The smallest absolute Gasteiger partial charge is 0.0123 e. The van der Waals surface area contributed by atoms with Crippen LogP contribution in [0.2, 0.25) is 0 Å². The molecule has 1 saturated carbocycles. The fourth-order valence-electron chi connectivity index (χ4n) is 3.78. The maximum Gasteiger partial charge on any atom is 0.0123 e. The van der Waals surface area contributed by atoms with Gasteiger partial charge in [-0.05, 0) is 43.6 Å². The van der Waals surface area contributed by atoms with E-state index in [1.165, 1.54) is 57.9 Å². The molecule has 1 heteroatoms. The molecule has 1 nitrogen and oxygen atoms in total. The van der Waals surface area contributed by atoms with E-state index in [2.05, 4.69) is 33.0 Å². The van der Waals surface area contributed by atoms with Crippen molar-refractivity contribution >= 4 is 0 Å². The molecule has 0 aromatic carbocycles. The molecule has 1 fully saturated rings. The summed E-state index contributed by atoms with van der Waals surface area (Å²) < 4.78 is 0. The van der Waals surface area contributed by atoms with E-state index in [4.69, 9.17) is 0 Å². The molecular formula is C17H35N. The molecule has 0 heterocycles. The quantitative estimate of drug-likeness (QED) is 0.641. The molecule has 0 bridgehead atoms. The van der Waals surface area contributed by atoms with E-state index in [0.29, 0.717) is 0 Å². The number of rotatable bonds is 8. The average molecular weight is 253 g/mol. The lowest BCUT2D eigenvalue weighted by Crippen LogP contribution is -2.43. The Morgan fingerprint density at radius 3 is 2.00 bits per heavy atom. The Hall–Kier alpha value is -0.0400. The van der Waals surface area contributed by atoms with Crippen LogP contribution in [0, 0.1) is 17.8 Å². The summed E-state index contributed by atoms with van der Waals surface area (Å²) in [5.74, 6) is 2.86. The SMILES string of the molecule is CCCNC(C(CC)CC)C1CCC(CC)CC1. The van der Waals surface area contributed by atoms with Gasteiger partial charge in [0, 0.05) is 6.04 Å². The zero-order valence-electron chi connectivity index (χ0n) is 13.2. The lowest BCUT2D eigenvalue weighted by Gasteiger charge is -2.38. The van der Waals surface area contributed by atoms with E-state index in [0.717, 1.165) is 23.8 Å². The van der Waals surface area contributed by atoms with Crippen LogP contribution in [0.15, 0.2) is 0 Å². The Balaban J connectivity index is 2.53. The second kappa shape index (κ2) is 8.96. The van der Waals surface area contributed by atoms with E-state index in [1.54, 1.807) is 0 Å². The Labute approximate surface area is 115 Å². The summed E-state index contributed by atoms with van der Waals surface area (Å²) in [7, 11) is 0. The Morgan fingerprint density at radius 1 is 0.944 bits per heavy atom. The third-order valence-corrected chi connectivity index (χ3v) is 5.16. The standard InChI is InChI=1S/C17H35N/c1-5-13-18-17(15(7-3)8-4)16-11-9-14(6-2)10-12-16/h14-18H,5-13H2,1-4H3. The van der Waals surface area contributed by atoms with Crippen LogP contribution in [0.3, 0.4) is 0 Å². The van der Waals surface area contributed by atoms with Gasteiger partial charge in [0.2, 0.25) is 0 Å². The van der Waals surface area contributed by atoms with Crippen LogP contribution in [-0.4, -0.2) is 12.6 Å². The fraction of sp³-hybridized carbons (Fsp3) is 1.00. The Bertz CT molecular complexity index is 190. The summed E-state index contributed by atoms with van der Waals surface area (Å²) in [5.41, 5.74) is 0. The molecule has 18 heavy (non-hydrogen) atoms. The predicted octanol–water partition coefficient (Wildman–Crippen LogP) is 5.01. The molecule has 1 aliphatic carbocycles. The summed E-state index contributed by atoms with van der Waals surface area (Å²) in [5, 5.41) is 3.87. The highest BCUT2D eigenvalue weighted by Crippen LogP contribution is 2.35. The number of hydrogen-bond donors (Lipinski definition) is 1. The van der Waals surface area contributed by atoms with Gasteiger partial charge in [0.05, 0.1) is 0 Å². The fourth-order valence-corrected chi connectivity index (χ4v) is 3.78. The van der Waals surface area contributed by atoms with Crippen molar-refractivity contribution in [2.24, 2.45) is 17.8 Å². The zero-order chi connectivity index (χ0) is 13.4. The molecular weight excluding hydrogens is 218 g/mol. The number of hydrogen-bond acceptors (Lipinski definition) is 1. The highest BCUT2D eigenvalue weighted by atomic mass is 14.9. The van der Waals surface area contributed by atoms with Gasteiger partial charge in [0.1, 0.15) is 0 Å². The van der Waals surface area contributed by atoms with Crippen LogP contribution < -0.4 is 5.32 Å². The van der Waals surface area contributed by atoms with E-state index >= 15 is 0 Å². The van der Waals surface area contributed by atoms with Gasteiger partial charge in [0.15, 0.2) is 0 Å². The molecule has 0 saturated heterocycles. The van der Waals surface area contributed by atoms with Crippen LogP contribution in [0.1, 0.15) is 79.1 Å². The van der Waals surface area contributed by atoms with Gasteiger partial charge in [-0.1, -0.05) is 59.8 Å². The van der Waals surface area contributed by atoms with Crippen molar-refractivity contribution < 1.29 is 0 Å². The van der Waals surface area contributed by atoms with Crippen LogP contribution in [0.5, 0.6) is 0 Å². The van der Waals surface area contributed by atoms with E-state index in [9.17, 15) is 0 Å². The molecule has 0 amide bonds. The van der Waals surface area contributed by atoms with Crippen molar-refractivity contribution in [1.82, 2.24) is 5.32 Å². The normalized spacial score (nSPS) is 26.5. The average Bonchev–Trinajstić information content (AvgIpc) is 2.43. The summed E-state index contributed by atoms with van der Waals surface area (Å²) in [4.78, 5) is 0. The lowest BCUT2D eigenvalue weighted by molar-refractivity contribution is 0.169. The second-order valence-corrected chi connectivity index (χ2v) is 6.25. The molecule has 1 N–H and O–H groups in total. The molecule has 0 aromatic rings. The third kappa shape index (κ3) is 4.57. The highest BCUT2D eigenvalue weighted by molar-refractivity contribution is 4.85. The second-order valence-electron chi connectivity index (χ2n) is 6.25. The molecule has 1 unspecified atom stereocenters. The van der Waals surface area contributed by atoms with Crippen molar-refractivity contribution in [1.29, 1.82) is 0 Å². The minimum absolute atomic E-state index is 0.790. The first-order chi connectivity index (χ1) is 8.76. The van der Waals surface area contributed by atoms with Crippen molar-refractivity contribution in [2.45, 2.75) is 85.1 Å². The Kier molecular flexibility index (Phi) is 7.97. The zero-order valence-corrected chi connectivity index (χ0v) is 13.2. The van der Waals surface area contributed by atoms with E-state index in [-0.39, 0.29) is 0 Å². The largest absolute Gasteiger partial charge is 0.313 e. The highest BCUT2D eigenvalue weighted by Gasteiger charge is 2.30. The van der Waals surface area contributed by atoms with Crippen LogP contribution >= 0.6 is 0 Å². The summed E-state index contributed by atoms with van der Waals surface area (Å²) in [6, 6.07) is 0.790. The molecule has 1 aliphatic rings. The predicted molar refractivity (Wildman–Crippen MR) is 81.9 cm³/mol. The first-order valence-electron chi connectivity index (χ1n) is 8.50. The first-order valence-corrected chi connectivity index (χ1v) is 8.50. The van der Waals surface area contributed by atoms with Crippen molar-refractivity contribution in [3.8, 4) is 0 Å². The number of nitrogens with one attached hydrogen (secondary N) is 1. The maximum atomic E-state index is 3.87. The van der Waals surface area contributed by atoms with E-state index < -0.39 is 0 Å². The molecule has 1 rings (SSSR count). The summed E-state index contributed by atoms with van der Waals surface area (Å²) >= 11 is 0. The lowest BCUT2D eigenvalue weighted by atomic mass is 9.73. The van der Waals surface area contributed by atoms with Gasteiger partial charge in [-0.3, -0.25) is 0 Å². The molecule has 108 valence electrons. The van der Waals surface area contributed by atoms with Gasteiger partial charge in [-0.15, -0.1) is 0 Å². The van der Waals surface area contributed by atoms with Crippen molar-refractivity contribution in [3.63, 3.8) is 0 Å². The minimum Gasteiger partial charge on any atom is -0.313 e. The monoisotopic (exact) mass is 253 g/mol. The molecule has 0 aliphatic heterocycles. The third-order valence-electron chi connectivity index (χ3n) is 5.16. The van der Waals surface area contributed by atoms with Gasteiger partial charge in [-0.2, -0.15) is 0 Å². The molecule has 0 aromatic heterocycles. The van der Waals surface area contributed by atoms with Crippen molar-refractivity contribution in [3.05, 3.63) is 0 Å².